The Bertz CT molecular complexity index is 2200. The lowest BCUT2D eigenvalue weighted by Crippen LogP contribution is -2.32. The summed E-state index contributed by atoms with van der Waals surface area (Å²) in [6, 6.07) is 28.7. The van der Waals surface area contributed by atoms with Crippen LogP contribution in [0.1, 0.15) is 67.3 Å². The molecule has 0 radical (unpaired) electrons. The third-order valence-electron chi connectivity index (χ3n) is 10.4. The largest absolute Gasteiger partial charge is 0.497 e. The average Bonchev–Trinajstić information content (AvgIpc) is 3.71. The van der Waals surface area contributed by atoms with Gasteiger partial charge in [-0.2, -0.15) is 0 Å². The zero-order valence-corrected chi connectivity index (χ0v) is 42.5. The van der Waals surface area contributed by atoms with Crippen molar-refractivity contribution in [3.8, 4) is 28.4 Å². The molecule has 1 unspecified atom stereocenters. The number of carbonyl (C=O) groups is 5. The van der Waals surface area contributed by atoms with Crippen molar-refractivity contribution in [3.63, 3.8) is 0 Å². The molecule has 1 aliphatic carbocycles. The van der Waals surface area contributed by atoms with E-state index in [-0.39, 0.29) is 69.3 Å². The van der Waals surface area contributed by atoms with Crippen LogP contribution in [0.4, 0.5) is 0 Å². The number of amides is 1. The Labute approximate surface area is 428 Å². The summed E-state index contributed by atoms with van der Waals surface area (Å²) in [6.45, 7) is 8.36. The van der Waals surface area contributed by atoms with E-state index in [1.54, 1.807) is 26.4 Å². The number of carboxylic acids is 1. The maximum absolute atomic E-state index is 12.8. The minimum atomic E-state index is -1.00. The summed E-state index contributed by atoms with van der Waals surface area (Å²) in [5.41, 5.74) is 16.8. The van der Waals surface area contributed by atoms with E-state index in [0.717, 1.165) is 16.9 Å². The molecular weight excluding hydrogens is 947 g/mol. The number of ether oxygens (including phenoxy) is 10. The van der Waals surface area contributed by atoms with Gasteiger partial charge in [-0.05, 0) is 72.4 Å². The first-order chi connectivity index (χ1) is 35.4. The molecule has 5 rings (SSSR count). The van der Waals surface area contributed by atoms with Crippen LogP contribution < -0.4 is 31.0 Å². The van der Waals surface area contributed by atoms with Crippen LogP contribution in [0.3, 0.4) is 0 Å². The summed E-state index contributed by atoms with van der Waals surface area (Å²) in [7, 11) is 3.12. The van der Waals surface area contributed by atoms with Gasteiger partial charge < -0.3 is 69.3 Å². The lowest BCUT2D eigenvalue weighted by atomic mass is 9.97. The number of aliphatic carboxylic acids is 1. The van der Waals surface area contributed by atoms with Crippen molar-refractivity contribution in [2.45, 2.75) is 45.1 Å². The van der Waals surface area contributed by atoms with Crippen molar-refractivity contribution in [3.05, 3.63) is 113 Å². The second kappa shape index (κ2) is 36.6. The first kappa shape index (κ1) is 61.0. The molecule has 0 aliphatic heterocycles. The molecule has 19 heteroatoms. The molecule has 6 N–H and O–H groups in total. The lowest BCUT2D eigenvalue weighted by molar-refractivity contribution is -0.145. The first-order valence-corrected chi connectivity index (χ1v) is 24.1. The summed E-state index contributed by atoms with van der Waals surface area (Å²) in [5.74, 6) is -0.00883. The van der Waals surface area contributed by atoms with Crippen LogP contribution in [0.2, 0.25) is 0 Å². The number of carboxylic acid groups (broad SMARTS) is 1. The number of carbonyl (C=O) groups excluding carboxylic acids is 4. The van der Waals surface area contributed by atoms with Gasteiger partial charge in [0.1, 0.15) is 43.7 Å². The van der Waals surface area contributed by atoms with E-state index in [4.69, 9.17) is 63.9 Å². The van der Waals surface area contributed by atoms with E-state index in [1.165, 1.54) is 29.2 Å². The van der Waals surface area contributed by atoms with Gasteiger partial charge >= 0.3 is 11.9 Å². The van der Waals surface area contributed by atoms with Gasteiger partial charge in [-0.15, -0.1) is 0 Å². The fraction of sp³-hybridized carbons (Fsp3) is 0.463. The molecular formula is C54H73N3O16. The number of fused-ring (bicyclic) bond motifs is 3. The molecule has 73 heavy (non-hydrogen) atoms. The van der Waals surface area contributed by atoms with Gasteiger partial charge in [0.15, 0.2) is 11.6 Å². The number of benzene rings is 4. The second-order valence-electron chi connectivity index (χ2n) is 16.0. The zero-order valence-electron chi connectivity index (χ0n) is 42.5. The number of esters is 1. The van der Waals surface area contributed by atoms with E-state index in [0.29, 0.717) is 90.5 Å². The number of hydrogen-bond acceptors (Lipinski definition) is 17. The molecule has 1 aliphatic rings. The van der Waals surface area contributed by atoms with Crippen LogP contribution in [0, 0.1) is 0 Å². The van der Waals surface area contributed by atoms with Gasteiger partial charge in [-0.25, -0.2) is 4.79 Å². The molecule has 19 nitrogen and oxygen atoms in total. The predicted octanol–water partition coefficient (Wildman–Crippen LogP) is 5.07. The van der Waals surface area contributed by atoms with Crippen LogP contribution in [0.25, 0.3) is 11.1 Å². The number of nitrogens with two attached hydrogens (primary N) is 2. The van der Waals surface area contributed by atoms with Gasteiger partial charge in [0, 0.05) is 43.7 Å². The number of hydrogen-bond donors (Lipinski definition) is 4. The van der Waals surface area contributed by atoms with Crippen LogP contribution in [0.5, 0.6) is 17.2 Å². The van der Waals surface area contributed by atoms with Crippen molar-refractivity contribution in [2.75, 3.05) is 120 Å². The summed E-state index contributed by atoms with van der Waals surface area (Å²) in [5, 5.41) is 11.4. The number of ketones is 2. The molecule has 0 saturated heterocycles. The standard InChI is InChI=1S/C25H34N2O7.C22H24O6.C7H15NO3/c1-4-34-20-7-5-18(6-8-20)25(22-10-9-21(30-2)16-23(22)31-3)27-24(29)15-19(28)17-33-14-13-32-12-11-26;23-21(24)15-27-13-12-26-11-5-10-22(25)28-14-20-18-8-3-1-6-16(18)17-7-2-4-9-19(17)20;1-7(9)6-11-5-4-10-3-2-8/h5-10,16,25H,4,11-15,17,26H2,1-3H3,(H,27,29);1-4,6-9,20H,5,10-15H2,(H,23,24);2-6,8H2,1H3. The van der Waals surface area contributed by atoms with Gasteiger partial charge in [0.2, 0.25) is 5.91 Å². The fourth-order valence-electron chi connectivity index (χ4n) is 7.16. The number of rotatable bonds is 34. The number of Topliss-reactive ketones (excluding diaryl/α,β-unsaturated/α-hetero) is 2. The fourth-order valence-corrected chi connectivity index (χ4v) is 7.16. The number of nitrogens with one attached hydrogen (secondary N) is 1. The lowest BCUT2D eigenvalue weighted by Gasteiger charge is -2.22. The minimum absolute atomic E-state index is 0.0313. The minimum Gasteiger partial charge on any atom is -0.497 e. The van der Waals surface area contributed by atoms with Crippen molar-refractivity contribution in [1.82, 2.24) is 5.32 Å². The number of methoxy groups -OCH3 is 2. The monoisotopic (exact) mass is 1020 g/mol. The van der Waals surface area contributed by atoms with E-state index >= 15 is 0 Å². The van der Waals surface area contributed by atoms with Crippen LogP contribution >= 0.6 is 0 Å². The molecule has 1 amide bonds. The molecule has 0 saturated carbocycles. The SMILES string of the molecule is CC(=O)COCCOCCN.CCOc1ccc(C(NC(=O)CC(=O)COCCOCCN)c2ccc(OC)cc2OC)cc1.O=C(O)COCCOCCCC(=O)OCC1c2ccccc2-c2ccccc21. The normalized spacial score (nSPS) is 11.6. The Morgan fingerprint density at radius 1 is 0.644 bits per heavy atom. The second-order valence-corrected chi connectivity index (χ2v) is 16.0. The highest BCUT2D eigenvalue weighted by atomic mass is 16.5. The summed E-state index contributed by atoms with van der Waals surface area (Å²) >= 11 is 0. The predicted molar refractivity (Wildman–Crippen MR) is 272 cm³/mol. The highest BCUT2D eigenvalue weighted by Crippen LogP contribution is 2.44. The Kier molecular flexibility index (Phi) is 30.6. The Morgan fingerprint density at radius 3 is 1.74 bits per heavy atom. The Hall–Kier alpha value is -6.29. The quantitative estimate of drug-likeness (QED) is 0.0271. The van der Waals surface area contributed by atoms with Crippen molar-refractivity contribution >= 4 is 29.4 Å². The topological polar surface area (TPSA) is 262 Å². The molecule has 400 valence electrons. The maximum Gasteiger partial charge on any atom is 0.329 e. The van der Waals surface area contributed by atoms with Crippen molar-refractivity contribution in [2.24, 2.45) is 11.5 Å². The van der Waals surface area contributed by atoms with Gasteiger partial charge in [-0.1, -0.05) is 60.7 Å². The molecule has 0 spiro atoms. The van der Waals surface area contributed by atoms with E-state index in [1.807, 2.05) is 61.5 Å². The van der Waals surface area contributed by atoms with Gasteiger partial charge in [0.25, 0.3) is 0 Å². The highest BCUT2D eigenvalue weighted by molar-refractivity contribution is 5.99. The molecule has 1 atom stereocenters. The van der Waals surface area contributed by atoms with Crippen molar-refractivity contribution in [1.29, 1.82) is 0 Å². The van der Waals surface area contributed by atoms with Crippen LogP contribution in [-0.4, -0.2) is 154 Å². The smallest absolute Gasteiger partial charge is 0.329 e. The molecule has 0 heterocycles. The Balaban J connectivity index is 0.000000324. The van der Waals surface area contributed by atoms with Crippen molar-refractivity contribution < 1.29 is 76.4 Å². The highest BCUT2D eigenvalue weighted by Gasteiger charge is 2.29. The Morgan fingerprint density at radius 2 is 1.19 bits per heavy atom. The third kappa shape index (κ3) is 23.9. The third-order valence-corrected chi connectivity index (χ3v) is 10.4. The first-order valence-electron chi connectivity index (χ1n) is 24.1. The summed E-state index contributed by atoms with van der Waals surface area (Å²) < 4.78 is 52.4. The molecule has 0 fully saturated rings. The van der Waals surface area contributed by atoms with Gasteiger partial charge in [-0.3, -0.25) is 19.2 Å². The summed E-state index contributed by atoms with van der Waals surface area (Å²) in [4.78, 5) is 57.7. The molecule has 4 aromatic carbocycles. The maximum atomic E-state index is 12.8. The van der Waals surface area contributed by atoms with Crippen LogP contribution in [0.15, 0.2) is 91.0 Å². The van der Waals surface area contributed by atoms with Crippen LogP contribution in [-0.2, 0) is 57.1 Å². The van der Waals surface area contributed by atoms with Gasteiger partial charge in [0.05, 0.1) is 86.1 Å². The molecule has 0 aromatic heterocycles. The summed E-state index contributed by atoms with van der Waals surface area (Å²) in [6.07, 6.45) is 0.525. The average molecular weight is 1020 g/mol. The zero-order chi connectivity index (χ0) is 53.1. The van der Waals surface area contributed by atoms with E-state index in [9.17, 15) is 24.0 Å². The van der Waals surface area contributed by atoms with E-state index in [2.05, 4.69) is 29.6 Å². The molecule has 0 bridgehead atoms. The van der Waals surface area contributed by atoms with E-state index < -0.39 is 17.9 Å². The molecule has 4 aromatic rings.